The zero-order valence-corrected chi connectivity index (χ0v) is 14.7. The van der Waals surface area contributed by atoms with Crippen LogP contribution < -0.4 is 5.32 Å². The first-order valence-electron chi connectivity index (χ1n) is 8.06. The molecule has 0 spiro atoms. The van der Waals surface area contributed by atoms with Crippen molar-refractivity contribution in [2.75, 3.05) is 31.5 Å². The van der Waals surface area contributed by atoms with Gasteiger partial charge in [-0.05, 0) is 37.7 Å². The monoisotopic (exact) mass is 337 g/mol. The maximum Gasteiger partial charge on any atom is 0.255 e. The van der Waals surface area contributed by atoms with E-state index in [0.717, 1.165) is 32.6 Å². The number of benzene rings is 1. The topological polar surface area (TPSA) is 52.6 Å². The van der Waals surface area contributed by atoms with Crippen LogP contribution in [0, 0.1) is 0 Å². The Morgan fingerprint density at radius 1 is 1.35 bits per heavy atom. The predicted molar refractivity (Wildman–Crippen MR) is 93.0 cm³/mol. The molecule has 1 fully saturated rings. The molecule has 0 bridgehead atoms. The van der Waals surface area contributed by atoms with Gasteiger partial charge in [0.15, 0.2) is 0 Å². The zero-order chi connectivity index (χ0) is 17.0. The van der Waals surface area contributed by atoms with E-state index in [1.165, 1.54) is 6.92 Å². The number of hydrogen-bond donors (Lipinski definition) is 1. The third-order valence-electron chi connectivity index (χ3n) is 4.30. The molecule has 5 nitrogen and oxygen atoms in total. The molecule has 1 aromatic carbocycles. The Morgan fingerprint density at radius 2 is 2.04 bits per heavy atom. The largest absolute Gasteiger partial charge is 0.337 e. The zero-order valence-electron chi connectivity index (χ0n) is 13.9. The Labute approximate surface area is 142 Å². The smallest absolute Gasteiger partial charge is 0.255 e. The van der Waals surface area contributed by atoms with E-state index >= 15 is 0 Å². The molecular weight excluding hydrogens is 314 g/mol. The summed E-state index contributed by atoms with van der Waals surface area (Å²) in [7, 11) is 0. The standard InChI is InChI=1S/C17H24ClN3O2/c1-4-20(5-2)14-8-9-21(11-14)17(23)15-10-13(19-12(3)22)6-7-16(15)18/h6-7,10,14H,4-5,8-9,11H2,1-3H3,(H,19,22)/t14-/m1/s1. The number of hydrogen-bond acceptors (Lipinski definition) is 3. The van der Waals surface area contributed by atoms with Gasteiger partial charge in [0.05, 0.1) is 10.6 Å². The molecule has 2 rings (SSSR count). The van der Waals surface area contributed by atoms with Crippen LogP contribution in [0.1, 0.15) is 37.6 Å². The third kappa shape index (κ3) is 4.24. The summed E-state index contributed by atoms with van der Waals surface area (Å²) >= 11 is 6.19. The van der Waals surface area contributed by atoms with Crippen LogP contribution in [0.5, 0.6) is 0 Å². The number of amides is 2. The Kier molecular flexibility index (Phi) is 6.02. The number of nitrogens with zero attached hydrogens (tertiary/aromatic N) is 2. The van der Waals surface area contributed by atoms with Crippen LogP contribution in [0.4, 0.5) is 5.69 Å². The minimum atomic E-state index is -0.173. The summed E-state index contributed by atoms with van der Waals surface area (Å²) < 4.78 is 0. The van der Waals surface area contributed by atoms with Crippen molar-refractivity contribution in [2.45, 2.75) is 33.2 Å². The van der Waals surface area contributed by atoms with Gasteiger partial charge in [0.2, 0.25) is 5.91 Å². The number of carbonyl (C=O) groups is 2. The number of rotatable bonds is 5. The van der Waals surface area contributed by atoms with Gasteiger partial charge in [-0.2, -0.15) is 0 Å². The van der Waals surface area contributed by atoms with Gasteiger partial charge in [0.25, 0.3) is 5.91 Å². The van der Waals surface area contributed by atoms with Gasteiger partial charge >= 0.3 is 0 Å². The molecule has 2 amide bonds. The van der Waals surface area contributed by atoms with Crippen LogP contribution in [0.15, 0.2) is 18.2 Å². The van der Waals surface area contributed by atoms with Crippen molar-refractivity contribution in [1.82, 2.24) is 9.80 Å². The van der Waals surface area contributed by atoms with Gasteiger partial charge in [-0.15, -0.1) is 0 Å². The van der Waals surface area contributed by atoms with Gasteiger partial charge in [-0.3, -0.25) is 14.5 Å². The van der Waals surface area contributed by atoms with E-state index in [-0.39, 0.29) is 11.8 Å². The van der Waals surface area contributed by atoms with Gasteiger partial charge < -0.3 is 10.2 Å². The Morgan fingerprint density at radius 3 is 2.65 bits per heavy atom. The van der Waals surface area contributed by atoms with Gasteiger partial charge in [-0.25, -0.2) is 0 Å². The molecule has 0 unspecified atom stereocenters. The summed E-state index contributed by atoms with van der Waals surface area (Å²) in [5.74, 6) is -0.245. The molecule has 1 N–H and O–H groups in total. The maximum absolute atomic E-state index is 12.8. The van der Waals surface area contributed by atoms with Crippen molar-refractivity contribution in [2.24, 2.45) is 0 Å². The molecule has 0 saturated carbocycles. The number of halogens is 1. The van der Waals surface area contributed by atoms with Gasteiger partial charge in [0, 0.05) is 31.7 Å². The lowest BCUT2D eigenvalue weighted by molar-refractivity contribution is -0.114. The minimum absolute atomic E-state index is 0.0724. The lowest BCUT2D eigenvalue weighted by atomic mass is 10.1. The molecule has 0 radical (unpaired) electrons. The third-order valence-corrected chi connectivity index (χ3v) is 4.63. The lowest BCUT2D eigenvalue weighted by Gasteiger charge is -2.26. The van der Waals surface area contributed by atoms with Crippen molar-refractivity contribution in [1.29, 1.82) is 0 Å². The summed E-state index contributed by atoms with van der Waals surface area (Å²) in [6.07, 6.45) is 0.983. The van der Waals surface area contributed by atoms with E-state index in [1.54, 1.807) is 18.2 Å². The first-order chi connectivity index (χ1) is 11.0. The van der Waals surface area contributed by atoms with E-state index in [2.05, 4.69) is 24.1 Å². The normalized spacial score (nSPS) is 17.6. The number of likely N-dealkylation sites (N-methyl/N-ethyl adjacent to an activating group) is 1. The maximum atomic E-state index is 12.8. The van der Waals surface area contributed by atoms with Crippen LogP contribution >= 0.6 is 11.6 Å². The van der Waals surface area contributed by atoms with Crippen molar-refractivity contribution in [3.63, 3.8) is 0 Å². The van der Waals surface area contributed by atoms with Gasteiger partial charge in [0.1, 0.15) is 0 Å². The second kappa shape index (κ2) is 7.79. The minimum Gasteiger partial charge on any atom is -0.337 e. The van der Waals surface area contributed by atoms with Gasteiger partial charge in [-0.1, -0.05) is 25.4 Å². The highest BCUT2D eigenvalue weighted by Gasteiger charge is 2.30. The first kappa shape index (κ1) is 17.8. The molecule has 1 aliphatic rings. The fourth-order valence-corrected chi connectivity index (χ4v) is 3.30. The van der Waals surface area contributed by atoms with Crippen LogP contribution in [-0.4, -0.2) is 53.8 Å². The number of nitrogens with one attached hydrogen (secondary N) is 1. The summed E-state index contributed by atoms with van der Waals surface area (Å²) in [4.78, 5) is 28.2. The Hall–Kier alpha value is -1.59. The number of likely N-dealkylation sites (tertiary alicyclic amines) is 1. The van der Waals surface area contributed by atoms with Crippen LogP contribution in [0.3, 0.4) is 0 Å². The summed E-state index contributed by atoms with van der Waals surface area (Å²) in [5.41, 5.74) is 1.03. The highest BCUT2D eigenvalue weighted by molar-refractivity contribution is 6.34. The predicted octanol–water partition coefficient (Wildman–Crippen LogP) is 2.85. The highest BCUT2D eigenvalue weighted by Crippen LogP contribution is 2.25. The highest BCUT2D eigenvalue weighted by atomic mass is 35.5. The molecule has 1 heterocycles. The molecule has 1 atom stereocenters. The number of carbonyl (C=O) groups excluding carboxylic acids is 2. The van der Waals surface area contributed by atoms with Crippen molar-refractivity contribution < 1.29 is 9.59 Å². The molecule has 0 aromatic heterocycles. The average molecular weight is 338 g/mol. The average Bonchev–Trinajstić information content (AvgIpc) is 2.99. The molecular formula is C17H24ClN3O2. The molecule has 1 aliphatic heterocycles. The van der Waals surface area contributed by atoms with Crippen molar-refractivity contribution >= 4 is 29.1 Å². The van der Waals surface area contributed by atoms with E-state index in [1.807, 2.05) is 4.90 Å². The van der Waals surface area contributed by atoms with Crippen molar-refractivity contribution in [3.8, 4) is 0 Å². The summed E-state index contributed by atoms with van der Waals surface area (Å²) in [6.45, 7) is 9.15. The van der Waals surface area contributed by atoms with E-state index in [0.29, 0.717) is 22.3 Å². The molecule has 0 aliphatic carbocycles. The second-order valence-corrected chi connectivity index (χ2v) is 6.20. The molecule has 1 saturated heterocycles. The molecule has 23 heavy (non-hydrogen) atoms. The van der Waals surface area contributed by atoms with Crippen LogP contribution in [0.2, 0.25) is 5.02 Å². The fraction of sp³-hybridized carbons (Fsp3) is 0.529. The summed E-state index contributed by atoms with van der Waals surface area (Å²) in [6, 6.07) is 5.41. The van der Waals surface area contributed by atoms with E-state index < -0.39 is 0 Å². The Balaban J connectivity index is 2.13. The van der Waals surface area contributed by atoms with Crippen LogP contribution in [-0.2, 0) is 4.79 Å². The molecule has 6 heteroatoms. The summed E-state index contributed by atoms with van der Waals surface area (Å²) in [5, 5.41) is 3.10. The van der Waals surface area contributed by atoms with Crippen molar-refractivity contribution in [3.05, 3.63) is 28.8 Å². The second-order valence-electron chi connectivity index (χ2n) is 5.79. The molecule has 1 aromatic rings. The fourth-order valence-electron chi connectivity index (χ4n) is 3.10. The SMILES string of the molecule is CCN(CC)[C@@H]1CCN(C(=O)c2cc(NC(C)=O)ccc2Cl)C1. The van der Waals surface area contributed by atoms with Crippen LogP contribution in [0.25, 0.3) is 0 Å². The number of anilines is 1. The Bertz CT molecular complexity index is 587. The van der Waals surface area contributed by atoms with E-state index in [9.17, 15) is 9.59 Å². The molecule has 126 valence electrons. The first-order valence-corrected chi connectivity index (χ1v) is 8.44. The quantitative estimate of drug-likeness (QED) is 0.898. The van der Waals surface area contributed by atoms with E-state index in [4.69, 9.17) is 11.6 Å². The lowest BCUT2D eigenvalue weighted by Crippen LogP contribution is -2.38.